The van der Waals surface area contributed by atoms with E-state index in [1.807, 2.05) is 77.3 Å². The van der Waals surface area contributed by atoms with Gasteiger partial charge in [0.25, 0.3) is 10.0 Å². The molecular formula is C32H41N3O4S2. The molecule has 0 aliphatic carbocycles. The number of thioether (sulfide) groups is 1. The fourth-order valence-electron chi connectivity index (χ4n) is 4.43. The van der Waals surface area contributed by atoms with Crippen molar-refractivity contribution in [2.45, 2.75) is 63.4 Å². The fraction of sp³-hybridized carbons (Fsp3) is 0.375. The van der Waals surface area contributed by atoms with Gasteiger partial charge in [-0.15, -0.1) is 11.8 Å². The summed E-state index contributed by atoms with van der Waals surface area (Å²) >= 11 is 1.52. The second-order valence-corrected chi connectivity index (χ2v) is 13.3. The minimum Gasteiger partial charge on any atom is -0.354 e. The van der Waals surface area contributed by atoms with Crippen LogP contribution in [0.25, 0.3) is 0 Å². The molecule has 0 radical (unpaired) electrons. The van der Waals surface area contributed by atoms with Crippen LogP contribution in [0.4, 0.5) is 5.69 Å². The van der Waals surface area contributed by atoms with Crippen molar-refractivity contribution in [3.63, 3.8) is 0 Å². The molecule has 3 aromatic carbocycles. The van der Waals surface area contributed by atoms with E-state index < -0.39 is 28.5 Å². The second-order valence-electron chi connectivity index (χ2n) is 10.5. The first-order valence-electron chi connectivity index (χ1n) is 13.8. The number of sulfonamides is 1. The monoisotopic (exact) mass is 595 g/mol. The van der Waals surface area contributed by atoms with E-state index in [1.165, 1.54) is 16.7 Å². The molecular weight excluding hydrogens is 555 g/mol. The maximum atomic E-state index is 14.2. The zero-order chi connectivity index (χ0) is 30.2. The number of aryl methyl sites for hydroxylation is 2. The number of carbonyl (C=O) groups excluding carboxylic acids is 2. The highest BCUT2D eigenvalue weighted by Gasteiger charge is 2.33. The molecule has 0 heterocycles. The first-order valence-corrected chi connectivity index (χ1v) is 16.5. The van der Waals surface area contributed by atoms with Crippen molar-refractivity contribution in [3.8, 4) is 0 Å². The summed E-state index contributed by atoms with van der Waals surface area (Å²) in [7, 11) is -4.10. The van der Waals surface area contributed by atoms with Crippen molar-refractivity contribution >= 4 is 39.3 Å². The van der Waals surface area contributed by atoms with E-state index in [1.54, 1.807) is 36.4 Å². The van der Waals surface area contributed by atoms with E-state index in [0.29, 0.717) is 18.7 Å². The van der Waals surface area contributed by atoms with Gasteiger partial charge in [-0.2, -0.15) is 0 Å². The van der Waals surface area contributed by atoms with E-state index in [2.05, 4.69) is 5.32 Å². The van der Waals surface area contributed by atoms with Crippen LogP contribution in [0.15, 0.2) is 82.6 Å². The highest BCUT2D eigenvalue weighted by molar-refractivity contribution is 7.98. The number of rotatable bonds is 13. The summed E-state index contributed by atoms with van der Waals surface area (Å²) < 4.78 is 29.2. The average Bonchev–Trinajstić information content (AvgIpc) is 2.96. The van der Waals surface area contributed by atoms with Crippen LogP contribution in [-0.2, 0) is 26.2 Å². The van der Waals surface area contributed by atoms with E-state index in [-0.39, 0.29) is 23.3 Å². The predicted octanol–water partition coefficient (Wildman–Crippen LogP) is 5.80. The van der Waals surface area contributed by atoms with Gasteiger partial charge in [-0.1, -0.05) is 62.7 Å². The van der Waals surface area contributed by atoms with E-state index in [9.17, 15) is 18.0 Å². The lowest BCUT2D eigenvalue weighted by atomic mass is 10.1. The standard InChI is InChI=1S/C32H41N3O4S2/c1-7-30(32(37)33-20-23(2)3)34(21-26-11-9-8-10-25(26)5)31(36)22-35(27-14-12-24(4)13-15-27)41(38,39)29-18-16-28(40-6)17-19-29/h8-19,23,30H,7,20-22H2,1-6H3,(H,33,37)/t30-/m0/s1. The number of hydrogen-bond acceptors (Lipinski definition) is 5. The van der Waals surface area contributed by atoms with Gasteiger partial charge >= 0.3 is 0 Å². The molecule has 1 atom stereocenters. The summed E-state index contributed by atoms with van der Waals surface area (Å²) in [4.78, 5) is 30.0. The van der Waals surface area contributed by atoms with Crippen LogP contribution in [0.5, 0.6) is 0 Å². The van der Waals surface area contributed by atoms with E-state index in [4.69, 9.17) is 0 Å². The smallest absolute Gasteiger partial charge is 0.264 e. The minimum absolute atomic E-state index is 0.0934. The van der Waals surface area contributed by atoms with Crippen molar-refractivity contribution < 1.29 is 18.0 Å². The Morgan fingerprint density at radius 3 is 2.12 bits per heavy atom. The molecule has 3 rings (SSSR count). The number of amides is 2. The third-order valence-corrected chi connectivity index (χ3v) is 9.45. The van der Waals surface area contributed by atoms with Crippen LogP contribution in [0.2, 0.25) is 0 Å². The molecule has 0 aliphatic heterocycles. The topological polar surface area (TPSA) is 86.8 Å². The summed E-state index contributed by atoms with van der Waals surface area (Å²) in [5.41, 5.74) is 3.23. The highest BCUT2D eigenvalue weighted by Crippen LogP contribution is 2.27. The lowest BCUT2D eigenvalue weighted by Gasteiger charge is -2.33. The Morgan fingerprint density at radius 2 is 1.56 bits per heavy atom. The van der Waals surface area contributed by atoms with Crippen LogP contribution in [-0.4, -0.2) is 50.5 Å². The zero-order valence-corrected chi connectivity index (χ0v) is 26.4. The molecule has 3 aromatic rings. The zero-order valence-electron chi connectivity index (χ0n) is 24.8. The Labute approximate surface area is 249 Å². The van der Waals surface area contributed by atoms with Crippen LogP contribution < -0.4 is 9.62 Å². The molecule has 0 saturated heterocycles. The Hall–Kier alpha value is -3.30. The Bertz CT molecular complexity index is 1420. The predicted molar refractivity (Wildman–Crippen MR) is 168 cm³/mol. The molecule has 0 bridgehead atoms. The van der Waals surface area contributed by atoms with Crippen molar-refractivity contribution in [3.05, 3.63) is 89.5 Å². The first-order chi connectivity index (χ1) is 19.5. The average molecular weight is 596 g/mol. The molecule has 0 aliphatic rings. The van der Waals surface area contributed by atoms with Gasteiger partial charge in [0, 0.05) is 18.0 Å². The van der Waals surface area contributed by atoms with Crippen LogP contribution in [0.3, 0.4) is 0 Å². The van der Waals surface area contributed by atoms with Gasteiger partial charge in [0.15, 0.2) is 0 Å². The molecule has 2 amide bonds. The Kier molecular flexibility index (Phi) is 11.4. The number of carbonyl (C=O) groups is 2. The van der Waals surface area contributed by atoms with Gasteiger partial charge in [-0.3, -0.25) is 13.9 Å². The lowest BCUT2D eigenvalue weighted by molar-refractivity contribution is -0.140. The van der Waals surface area contributed by atoms with Gasteiger partial charge < -0.3 is 10.2 Å². The van der Waals surface area contributed by atoms with Crippen molar-refractivity contribution in [2.75, 3.05) is 23.7 Å². The number of hydrogen-bond donors (Lipinski definition) is 1. The fourth-order valence-corrected chi connectivity index (χ4v) is 6.25. The molecule has 41 heavy (non-hydrogen) atoms. The molecule has 9 heteroatoms. The highest BCUT2D eigenvalue weighted by atomic mass is 32.2. The number of nitrogens with zero attached hydrogens (tertiary/aromatic N) is 2. The second kappa shape index (κ2) is 14.5. The van der Waals surface area contributed by atoms with Crippen molar-refractivity contribution in [1.29, 1.82) is 0 Å². The van der Waals surface area contributed by atoms with E-state index >= 15 is 0 Å². The largest absolute Gasteiger partial charge is 0.354 e. The van der Waals surface area contributed by atoms with Gasteiger partial charge in [-0.25, -0.2) is 8.42 Å². The molecule has 0 aromatic heterocycles. The summed E-state index contributed by atoms with van der Waals surface area (Å²) in [5.74, 6) is -0.457. The SMILES string of the molecule is CC[C@@H](C(=O)NCC(C)C)N(Cc1ccccc1C)C(=O)CN(c1ccc(C)cc1)S(=O)(=O)c1ccc(SC)cc1. The summed E-state index contributed by atoms with van der Waals surface area (Å²) in [5, 5.41) is 2.96. The lowest BCUT2D eigenvalue weighted by Crippen LogP contribution is -2.52. The number of benzene rings is 3. The number of nitrogens with one attached hydrogen (secondary N) is 1. The third-order valence-electron chi connectivity index (χ3n) is 6.92. The van der Waals surface area contributed by atoms with E-state index in [0.717, 1.165) is 25.9 Å². The normalized spacial score (nSPS) is 12.2. The Balaban J connectivity index is 2.05. The van der Waals surface area contributed by atoms with Gasteiger partial charge in [0.2, 0.25) is 11.8 Å². The summed E-state index contributed by atoms with van der Waals surface area (Å²) in [6.07, 6.45) is 2.31. The maximum absolute atomic E-state index is 14.2. The summed E-state index contributed by atoms with van der Waals surface area (Å²) in [6, 6.07) is 20.6. The minimum atomic E-state index is -4.10. The van der Waals surface area contributed by atoms with Crippen molar-refractivity contribution in [2.24, 2.45) is 5.92 Å². The molecule has 7 nitrogen and oxygen atoms in total. The Morgan fingerprint density at radius 1 is 0.927 bits per heavy atom. The quantitative estimate of drug-likeness (QED) is 0.253. The molecule has 0 unspecified atom stereocenters. The first kappa shape index (κ1) is 32.2. The maximum Gasteiger partial charge on any atom is 0.264 e. The molecule has 0 spiro atoms. The molecule has 0 saturated carbocycles. The van der Waals surface area contributed by atoms with Gasteiger partial charge in [0.1, 0.15) is 12.6 Å². The summed E-state index contributed by atoms with van der Waals surface area (Å²) in [6.45, 7) is 9.97. The third kappa shape index (κ3) is 8.36. The van der Waals surface area contributed by atoms with Crippen LogP contribution >= 0.6 is 11.8 Å². The molecule has 0 fully saturated rings. The van der Waals surface area contributed by atoms with Crippen molar-refractivity contribution in [1.82, 2.24) is 10.2 Å². The molecule has 220 valence electrons. The van der Waals surface area contributed by atoms with Crippen LogP contribution in [0.1, 0.15) is 43.9 Å². The van der Waals surface area contributed by atoms with Gasteiger partial charge in [-0.05, 0) is 80.0 Å². The van der Waals surface area contributed by atoms with Crippen LogP contribution in [0, 0.1) is 19.8 Å². The van der Waals surface area contributed by atoms with Gasteiger partial charge in [0.05, 0.1) is 10.6 Å². The number of anilines is 1. The molecule has 1 N–H and O–H groups in total.